The first-order valence-electron chi connectivity index (χ1n) is 11.7. The monoisotopic (exact) mass is 520 g/mol. The third-order valence-corrected chi connectivity index (χ3v) is 7.04. The maximum Gasteiger partial charge on any atom is 0.425 e. The molecule has 0 aromatic heterocycles. The van der Waals surface area contributed by atoms with Crippen molar-refractivity contribution in [1.82, 2.24) is 0 Å². The molecule has 3 atom stereocenters. The maximum atomic E-state index is 13.9. The van der Waals surface area contributed by atoms with Crippen molar-refractivity contribution in [2.45, 2.75) is 73.8 Å². The maximum absolute atomic E-state index is 13.9. The first-order chi connectivity index (χ1) is 17.0. The van der Waals surface area contributed by atoms with Gasteiger partial charge in [-0.3, -0.25) is 9.59 Å². The third kappa shape index (κ3) is 6.45. The van der Waals surface area contributed by atoms with E-state index in [2.05, 4.69) is 4.74 Å². The normalized spacial score (nSPS) is 13.9. The van der Waals surface area contributed by atoms with Gasteiger partial charge in [-0.1, -0.05) is 31.2 Å². The number of alkyl halides is 3. The summed E-state index contributed by atoms with van der Waals surface area (Å²) in [5.41, 5.74) is 4.33. The zero-order valence-electron chi connectivity index (χ0n) is 22.1. The highest BCUT2D eigenvalue weighted by Gasteiger charge is 2.49. The molecule has 0 saturated carbocycles. The number of ketones is 2. The van der Waals surface area contributed by atoms with Gasteiger partial charge in [0, 0.05) is 17.0 Å². The molecular formula is C28H31F3O6. The average Bonchev–Trinajstić information content (AvgIpc) is 2.82. The molecule has 0 bridgehead atoms. The molecule has 2 aromatic rings. The smallest absolute Gasteiger partial charge is 0.425 e. The van der Waals surface area contributed by atoms with Gasteiger partial charge in [-0.25, -0.2) is 9.59 Å². The lowest BCUT2D eigenvalue weighted by Gasteiger charge is -2.29. The van der Waals surface area contributed by atoms with Crippen molar-refractivity contribution in [2.24, 2.45) is 5.92 Å². The molecule has 0 heterocycles. The topological polar surface area (TPSA) is 86.7 Å². The quantitative estimate of drug-likeness (QED) is 0.254. The standard InChI is InChI=1S/C28H31F3O6/c1-13-9-11-21(17(5)15(13)3)23(32)26(34)36-20(8)19(7)25(28(29,30)31)37-27(35)24(33)22-12-10-14(2)16(4)18(22)6/h9-12,19-20,25H,1-8H3. The molecule has 3 unspecified atom stereocenters. The van der Waals surface area contributed by atoms with E-state index in [0.717, 1.165) is 36.1 Å². The van der Waals surface area contributed by atoms with Crippen molar-refractivity contribution in [2.75, 3.05) is 0 Å². The first-order valence-corrected chi connectivity index (χ1v) is 11.7. The van der Waals surface area contributed by atoms with E-state index in [4.69, 9.17) is 4.74 Å². The van der Waals surface area contributed by atoms with Gasteiger partial charge in [0.25, 0.3) is 11.6 Å². The fourth-order valence-corrected chi connectivity index (χ4v) is 3.84. The van der Waals surface area contributed by atoms with Gasteiger partial charge in [0.1, 0.15) is 6.10 Å². The molecule has 0 amide bonds. The number of halogens is 3. The van der Waals surface area contributed by atoms with Gasteiger partial charge in [0.2, 0.25) is 6.10 Å². The number of aryl methyl sites for hydroxylation is 2. The number of esters is 2. The Morgan fingerprint density at radius 3 is 1.41 bits per heavy atom. The van der Waals surface area contributed by atoms with Gasteiger partial charge in [-0.2, -0.15) is 13.2 Å². The summed E-state index contributed by atoms with van der Waals surface area (Å²) in [6.45, 7) is 12.6. The minimum atomic E-state index is -5.07. The summed E-state index contributed by atoms with van der Waals surface area (Å²) >= 11 is 0. The molecule has 0 saturated heterocycles. The molecule has 0 aliphatic rings. The Labute approximate surface area is 214 Å². The second kappa shape index (κ2) is 11.3. The number of carbonyl (C=O) groups excluding carboxylic acids is 4. The molecule has 0 spiro atoms. The molecule has 2 rings (SSSR count). The predicted octanol–water partition coefficient (Wildman–Crippen LogP) is 5.64. The Morgan fingerprint density at radius 1 is 0.649 bits per heavy atom. The molecular weight excluding hydrogens is 489 g/mol. The number of carbonyl (C=O) groups is 4. The molecule has 0 N–H and O–H groups in total. The van der Waals surface area contributed by atoms with Crippen LogP contribution >= 0.6 is 0 Å². The fourth-order valence-electron chi connectivity index (χ4n) is 3.84. The Hall–Kier alpha value is -3.49. The van der Waals surface area contributed by atoms with Crippen molar-refractivity contribution in [3.05, 3.63) is 68.8 Å². The van der Waals surface area contributed by atoms with E-state index in [9.17, 15) is 32.3 Å². The van der Waals surface area contributed by atoms with Gasteiger partial charge in [0.15, 0.2) is 0 Å². The number of rotatable bonds is 8. The van der Waals surface area contributed by atoms with Gasteiger partial charge >= 0.3 is 18.1 Å². The van der Waals surface area contributed by atoms with Crippen LogP contribution in [0.4, 0.5) is 13.2 Å². The zero-order valence-corrected chi connectivity index (χ0v) is 22.1. The summed E-state index contributed by atoms with van der Waals surface area (Å²) in [7, 11) is 0. The van der Waals surface area contributed by atoms with Crippen LogP contribution in [-0.2, 0) is 19.1 Å². The van der Waals surface area contributed by atoms with Crippen LogP contribution in [0, 0.1) is 47.5 Å². The molecule has 200 valence electrons. The Bertz CT molecular complexity index is 1250. The van der Waals surface area contributed by atoms with Crippen LogP contribution in [0.5, 0.6) is 0 Å². The van der Waals surface area contributed by atoms with Crippen LogP contribution in [-0.4, -0.2) is 41.9 Å². The summed E-state index contributed by atoms with van der Waals surface area (Å²) in [6.07, 6.45) is -9.29. The number of Topliss-reactive ketones (excluding diaryl/α,β-unsaturated/α-hetero) is 2. The van der Waals surface area contributed by atoms with E-state index in [1.54, 1.807) is 46.8 Å². The van der Waals surface area contributed by atoms with Gasteiger partial charge in [0.05, 0.1) is 0 Å². The predicted molar refractivity (Wildman–Crippen MR) is 131 cm³/mol. The van der Waals surface area contributed by atoms with Crippen LogP contribution in [0.3, 0.4) is 0 Å². The number of benzene rings is 2. The highest BCUT2D eigenvalue weighted by atomic mass is 19.4. The van der Waals surface area contributed by atoms with Crippen molar-refractivity contribution < 1.29 is 41.8 Å². The van der Waals surface area contributed by atoms with E-state index < -0.39 is 47.8 Å². The summed E-state index contributed by atoms with van der Waals surface area (Å²) in [5, 5.41) is 0. The summed E-state index contributed by atoms with van der Waals surface area (Å²) < 4.78 is 51.2. The number of hydrogen-bond acceptors (Lipinski definition) is 6. The van der Waals surface area contributed by atoms with Crippen LogP contribution in [0.1, 0.15) is 67.9 Å². The van der Waals surface area contributed by atoms with Crippen LogP contribution < -0.4 is 0 Å². The Kier molecular flexibility index (Phi) is 9.06. The van der Waals surface area contributed by atoms with Crippen molar-refractivity contribution in [3.8, 4) is 0 Å². The van der Waals surface area contributed by atoms with Crippen LogP contribution in [0.2, 0.25) is 0 Å². The molecule has 37 heavy (non-hydrogen) atoms. The van der Waals surface area contributed by atoms with Gasteiger partial charge < -0.3 is 9.47 Å². The molecule has 0 aliphatic carbocycles. The Balaban J connectivity index is 2.21. The molecule has 0 radical (unpaired) electrons. The SMILES string of the molecule is Cc1ccc(C(=O)C(=O)OC(C)C(C)C(OC(=O)C(=O)c2ccc(C)c(C)c2C)C(F)(F)F)c(C)c1C. The molecule has 0 fully saturated rings. The summed E-state index contributed by atoms with van der Waals surface area (Å²) in [4.78, 5) is 50.2. The lowest BCUT2D eigenvalue weighted by atomic mass is 9.95. The molecule has 2 aromatic carbocycles. The largest absolute Gasteiger partial charge is 0.456 e. The number of hydrogen-bond donors (Lipinski definition) is 0. The second-order valence-corrected chi connectivity index (χ2v) is 9.36. The highest BCUT2D eigenvalue weighted by molar-refractivity contribution is 6.41. The first kappa shape index (κ1) is 29.7. The molecule has 0 aliphatic heterocycles. The van der Waals surface area contributed by atoms with Crippen molar-refractivity contribution >= 4 is 23.5 Å². The van der Waals surface area contributed by atoms with E-state index in [1.807, 2.05) is 6.92 Å². The van der Waals surface area contributed by atoms with E-state index in [0.29, 0.717) is 11.1 Å². The minimum Gasteiger partial charge on any atom is -0.456 e. The van der Waals surface area contributed by atoms with E-state index >= 15 is 0 Å². The lowest BCUT2D eigenvalue weighted by Crippen LogP contribution is -2.45. The van der Waals surface area contributed by atoms with Gasteiger partial charge in [-0.15, -0.1) is 0 Å². The van der Waals surface area contributed by atoms with Crippen molar-refractivity contribution in [1.29, 1.82) is 0 Å². The molecule has 6 nitrogen and oxygen atoms in total. The lowest BCUT2D eigenvalue weighted by molar-refractivity contribution is -0.238. The highest BCUT2D eigenvalue weighted by Crippen LogP contribution is 2.32. The third-order valence-electron chi connectivity index (χ3n) is 7.04. The second-order valence-electron chi connectivity index (χ2n) is 9.36. The Morgan fingerprint density at radius 2 is 1.03 bits per heavy atom. The fraction of sp³-hybridized carbons (Fsp3) is 0.429. The van der Waals surface area contributed by atoms with Gasteiger partial charge in [-0.05, 0) is 81.8 Å². The summed E-state index contributed by atoms with van der Waals surface area (Å²) in [6, 6.07) is 6.05. The minimum absolute atomic E-state index is 0.0597. The summed E-state index contributed by atoms with van der Waals surface area (Å²) in [5.74, 6) is -6.84. The number of ether oxygens (including phenoxy) is 2. The van der Waals surface area contributed by atoms with Crippen molar-refractivity contribution in [3.63, 3.8) is 0 Å². The van der Waals surface area contributed by atoms with Crippen LogP contribution in [0.15, 0.2) is 24.3 Å². The average molecular weight is 521 g/mol. The van der Waals surface area contributed by atoms with E-state index in [-0.39, 0.29) is 11.1 Å². The van der Waals surface area contributed by atoms with E-state index in [1.165, 1.54) is 12.1 Å². The molecule has 9 heteroatoms. The zero-order chi connectivity index (χ0) is 28.4. The van der Waals surface area contributed by atoms with Crippen LogP contribution in [0.25, 0.3) is 0 Å².